The van der Waals surface area contributed by atoms with Crippen molar-refractivity contribution in [2.75, 3.05) is 18.0 Å². The first-order chi connectivity index (χ1) is 11.1. The minimum absolute atomic E-state index is 0.246. The molecule has 0 saturated heterocycles. The van der Waals surface area contributed by atoms with E-state index in [4.69, 9.17) is 4.42 Å². The molecule has 0 aliphatic heterocycles. The van der Waals surface area contributed by atoms with E-state index in [1.54, 1.807) is 13.1 Å². The molecule has 23 heavy (non-hydrogen) atoms. The van der Waals surface area contributed by atoms with Crippen LogP contribution in [-0.2, 0) is 13.0 Å². The Hall–Kier alpha value is -2.37. The third kappa shape index (κ3) is 3.88. The van der Waals surface area contributed by atoms with Crippen molar-refractivity contribution in [1.82, 2.24) is 15.3 Å². The average Bonchev–Trinajstić information content (AvgIpc) is 2.96. The van der Waals surface area contributed by atoms with Crippen LogP contribution in [0.1, 0.15) is 48.5 Å². The smallest absolute Gasteiger partial charge is 0.289 e. The van der Waals surface area contributed by atoms with Gasteiger partial charge in [0, 0.05) is 37.8 Å². The summed E-state index contributed by atoms with van der Waals surface area (Å²) in [5.74, 6) is 1.53. The summed E-state index contributed by atoms with van der Waals surface area (Å²) in [4.78, 5) is 23.1. The molecule has 124 valence electrons. The monoisotopic (exact) mass is 316 g/mol. The van der Waals surface area contributed by atoms with E-state index in [9.17, 15) is 4.79 Å². The van der Waals surface area contributed by atoms with Gasteiger partial charge in [-0.15, -0.1) is 0 Å². The summed E-state index contributed by atoms with van der Waals surface area (Å²) in [7, 11) is 0. The fraction of sp³-hybridized carbons (Fsp3) is 0.471. The minimum Gasteiger partial charge on any atom is -0.435 e. The third-order valence-electron chi connectivity index (χ3n) is 3.72. The molecule has 0 atom stereocenters. The Morgan fingerprint density at radius 3 is 2.65 bits per heavy atom. The molecule has 6 nitrogen and oxygen atoms in total. The predicted molar refractivity (Wildman–Crippen MR) is 89.6 cm³/mol. The van der Waals surface area contributed by atoms with Crippen LogP contribution in [0.2, 0.25) is 0 Å². The fourth-order valence-corrected chi connectivity index (χ4v) is 2.45. The molecule has 2 heterocycles. The van der Waals surface area contributed by atoms with Gasteiger partial charge in [0.1, 0.15) is 5.82 Å². The van der Waals surface area contributed by atoms with Gasteiger partial charge in [0.2, 0.25) is 5.76 Å². The maximum Gasteiger partial charge on any atom is 0.289 e. The molecule has 6 heteroatoms. The van der Waals surface area contributed by atoms with Gasteiger partial charge in [0.25, 0.3) is 5.91 Å². The third-order valence-corrected chi connectivity index (χ3v) is 3.72. The van der Waals surface area contributed by atoms with Crippen LogP contribution in [-0.4, -0.2) is 29.0 Å². The molecule has 0 aliphatic carbocycles. The largest absolute Gasteiger partial charge is 0.435 e. The second-order valence-corrected chi connectivity index (χ2v) is 5.22. The SMILES string of the molecule is CCc1nc(C)c(C(=O)NCc2cccnc2N(CC)CC)o1. The zero-order chi connectivity index (χ0) is 16.8. The normalized spacial score (nSPS) is 10.6. The van der Waals surface area contributed by atoms with E-state index in [-0.39, 0.29) is 11.7 Å². The number of amides is 1. The Morgan fingerprint density at radius 1 is 1.30 bits per heavy atom. The number of nitrogens with one attached hydrogen (secondary N) is 1. The Balaban J connectivity index is 2.11. The van der Waals surface area contributed by atoms with E-state index in [0.717, 1.165) is 24.5 Å². The molecule has 0 bridgehead atoms. The Bertz CT molecular complexity index is 662. The lowest BCUT2D eigenvalue weighted by atomic mass is 10.2. The van der Waals surface area contributed by atoms with Crippen molar-refractivity contribution in [2.24, 2.45) is 0 Å². The number of hydrogen-bond donors (Lipinski definition) is 1. The molecule has 1 amide bonds. The summed E-state index contributed by atoms with van der Waals surface area (Å²) in [6.45, 7) is 10.0. The van der Waals surface area contributed by atoms with Gasteiger partial charge in [-0.05, 0) is 26.8 Å². The highest BCUT2D eigenvalue weighted by atomic mass is 16.4. The number of rotatable bonds is 7. The van der Waals surface area contributed by atoms with Crippen LogP contribution in [0.3, 0.4) is 0 Å². The van der Waals surface area contributed by atoms with Crippen molar-refractivity contribution in [3.05, 3.63) is 41.2 Å². The fourth-order valence-electron chi connectivity index (χ4n) is 2.45. The second-order valence-electron chi connectivity index (χ2n) is 5.22. The maximum atomic E-state index is 12.3. The first kappa shape index (κ1) is 17.0. The summed E-state index contributed by atoms with van der Waals surface area (Å²) in [6.07, 6.45) is 2.44. The molecule has 2 aromatic rings. The molecule has 0 unspecified atom stereocenters. The molecule has 0 aliphatic rings. The van der Waals surface area contributed by atoms with Crippen LogP contribution in [0, 0.1) is 6.92 Å². The number of aryl methyl sites for hydroxylation is 2. The minimum atomic E-state index is -0.246. The molecule has 2 aromatic heterocycles. The van der Waals surface area contributed by atoms with Gasteiger partial charge in [-0.3, -0.25) is 4.79 Å². The molecule has 0 radical (unpaired) electrons. The number of aromatic nitrogens is 2. The summed E-state index contributed by atoms with van der Waals surface area (Å²) in [6, 6.07) is 3.86. The van der Waals surface area contributed by atoms with Crippen LogP contribution < -0.4 is 10.2 Å². The van der Waals surface area contributed by atoms with Gasteiger partial charge in [0.15, 0.2) is 5.89 Å². The number of hydrogen-bond acceptors (Lipinski definition) is 5. The molecule has 2 rings (SSSR count). The number of carbonyl (C=O) groups is 1. The van der Waals surface area contributed by atoms with E-state index < -0.39 is 0 Å². The quantitative estimate of drug-likeness (QED) is 0.850. The zero-order valence-electron chi connectivity index (χ0n) is 14.2. The van der Waals surface area contributed by atoms with Crippen LogP contribution in [0.25, 0.3) is 0 Å². The number of pyridine rings is 1. The van der Waals surface area contributed by atoms with E-state index in [1.807, 2.05) is 19.1 Å². The molecule has 0 aromatic carbocycles. The van der Waals surface area contributed by atoms with Gasteiger partial charge in [-0.2, -0.15) is 0 Å². The van der Waals surface area contributed by atoms with Crippen LogP contribution in [0.15, 0.2) is 22.7 Å². The lowest BCUT2D eigenvalue weighted by Crippen LogP contribution is -2.28. The molecular weight excluding hydrogens is 292 g/mol. The molecule has 1 N–H and O–H groups in total. The summed E-state index contributed by atoms with van der Waals surface area (Å²) < 4.78 is 5.48. The van der Waals surface area contributed by atoms with Crippen molar-refractivity contribution >= 4 is 11.7 Å². The molecular formula is C17H24N4O2. The van der Waals surface area contributed by atoms with Crippen molar-refractivity contribution in [3.63, 3.8) is 0 Å². The number of anilines is 1. The number of carbonyl (C=O) groups excluding carboxylic acids is 1. The van der Waals surface area contributed by atoms with Crippen molar-refractivity contribution in [1.29, 1.82) is 0 Å². The van der Waals surface area contributed by atoms with Gasteiger partial charge < -0.3 is 14.6 Å². The molecule has 0 spiro atoms. The highest BCUT2D eigenvalue weighted by Gasteiger charge is 2.17. The predicted octanol–water partition coefficient (Wildman–Crippen LogP) is 2.72. The van der Waals surface area contributed by atoms with E-state index in [0.29, 0.717) is 24.6 Å². The summed E-state index contributed by atoms with van der Waals surface area (Å²) in [5.41, 5.74) is 1.60. The highest BCUT2D eigenvalue weighted by Crippen LogP contribution is 2.17. The van der Waals surface area contributed by atoms with Crippen molar-refractivity contribution < 1.29 is 9.21 Å². The van der Waals surface area contributed by atoms with Crippen LogP contribution >= 0.6 is 0 Å². The Kier molecular flexibility index (Phi) is 5.73. The highest BCUT2D eigenvalue weighted by molar-refractivity contribution is 5.92. The van der Waals surface area contributed by atoms with Crippen molar-refractivity contribution in [3.8, 4) is 0 Å². The zero-order valence-corrected chi connectivity index (χ0v) is 14.2. The molecule has 0 fully saturated rings. The van der Waals surface area contributed by atoms with Crippen molar-refractivity contribution in [2.45, 2.75) is 40.7 Å². The van der Waals surface area contributed by atoms with Gasteiger partial charge in [0.05, 0.1) is 5.69 Å². The van der Waals surface area contributed by atoms with E-state index >= 15 is 0 Å². The number of nitrogens with zero attached hydrogens (tertiary/aromatic N) is 3. The Labute approximate surface area is 136 Å². The first-order valence-electron chi connectivity index (χ1n) is 8.03. The molecule has 0 saturated carbocycles. The lowest BCUT2D eigenvalue weighted by molar-refractivity contribution is 0.0920. The second kappa shape index (κ2) is 7.76. The van der Waals surface area contributed by atoms with Gasteiger partial charge in [-0.1, -0.05) is 13.0 Å². The van der Waals surface area contributed by atoms with E-state index in [2.05, 4.69) is 34.0 Å². The average molecular weight is 316 g/mol. The Morgan fingerprint density at radius 2 is 2.04 bits per heavy atom. The summed E-state index contributed by atoms with van der Waals surface area (Å²) >= 11 is 0. The van der Waals surface area contributed by atoms with E-state index in [1.165, 1.54) is 0 Å². The standard InChI is InChI=1S/C17H24N4O2/c1-5-14-20-12(4)15(23-14)17(22)19-11-13-9-8-10-18-16(13)21(6-2)7-3/h8-10H,5-7,11H2,1-4H3,(H,19,22). The number of oxazole rings is 1. The lowest BCUT2D eigenvalue weighted by Gasteiger charge is -2.22. The summed E-state index contributed by atoms with van der Waals surface area (Å²) in [5, 5.41) is 2.90. The van der Waals surface area contributed by atoms with Crippen LogP contribution in [0.5, 0.6) is 0 Å². The van der Waals surface area contributed by atoms with Crippen LogP contribution in [0.4, 0.5) is 5.82 Å². The van der Waals surface area contributed by atoms with Gasteiger partial charge >= 0.3 is 0 Å². The first-order valence-corrected chi connectivity index (χ1v) is 8.03. The maximum absolute atomic E-state index is 12.3. The topological polar surface area (TPSA) is 71.3 Å². The van der Waals surface area contributed by atoms with Gasteiger partial charge in [-0.25, -0.2) is 9.97 Å².